The highest BCUT2D eigenvalue weighted by atomic mass is 35.5. The molecule has 0 atom stereocenters. The number of carbonyl (C=O) groups excluding carboxylic acids is 1. The molecule has 0 aliphatic carbocycles. The number of halogens is 1. The lowest BCUT2D eigenvalue weighted by Crippen LogP contribution is -2.19. The summed E-state index contributed by atoms with van der Waals surface area (Å²) in [6, 6.07) is 5.28. The van der Waals surface area contributed by atoms with Crippen LogP contribution in [-0.4, -0.2) is 24.5 Å². The third kappa shape index (κ3) is 4.32. The fourth-order valence-electron chi connectivity index (χ4n) is 2.17. The number of anilines is 1. The van der Waals surface area contributed by atoms with Gasteiger partial charge < -0.3 is 10.1 Å². The van der Waals surface area contributed by atoms with E-state index < -0.39 is 0 Å². The summed E-state index contributed by atoms with van der Waals surface area (Å²) in [5.41, 5.74) is 0.723. The summed E-state index contributed by atoms with van der Waals surface area (Å²) < 4.78 is 5.08. The number of methoxy groups -OCH3 is 1. The van der Waals surface area contributed by atoms with Crippen molar-refractivity contribution in [1.29, 1.82) is 0 Å². The highest BCUT2D eigenvalue weighted by Crippen LogP contribution is 2.28. The number of thioether (sulfide) groups is 1. The standard InChI is InChI=1S/C14H18ClNO2S/c1-18-13-3-2-11(9-12(13)15)16-14(17)8-10-4-6-19-7-5-10/h2-3,9-10H,4-8H2,1H3,(H,16,17). The van der Waals surface area contributed by atoms with Crippen LogP contribution in [-0.2, 0) is 4.79 Å². The second kappa shape index (κ2) is 7.06. The largest absolute Gasteiger partial charge is 0.495 e. The first-order valence-electron chi connectivity index (χ1n) is 6.40. The van der Waals surface area contributed by atoms with Crippen LogP contribution in [0.2, 0.25) is 5.02 Å². The fraction of sp³-hybridized carbons (Fsp3) is 0.500. The Morgan fingerprint density at radius 3 is 2.84 bits per heavy atom. The Labute approximate surface area is 123 Å². The van der Waals surface area contributed by atoms with E-state index in [1.54, 1.807) is 25.3 Å². The van der Waals surface area contributed by atoms with Crippen molar-refractivity contribution in [2.75, 3.05) is 23.9 Å². The quantitative estimate of drug-likeness (QED) is 0.918. The minimum atomic E-state index is 0.0677. The van der Waals surface area contributed by atoms with E-state index in [-0.39, 0.29) is 5.91 Å². The van der Waals surface area contributed by atoms with Gasteiger partial charge in [-0.25, -0.2) is 0 Å². The van der Waals surface area contributed by atoms with Gasteiger partial charge in [0.05, 0.1) is 12.1 Å². The normalized spacial score (nSPS) is 16.1. The molecule has 2 rings (SSSR count). The van der Waals surface area contributed by atoms with Gasteiger partial charge in [0.25, 0.3) is 0 Å². The fourth-order valence-corrected chi connectivity index (χ4v) is 3.63. The molecule has 0 spiro atoms. The lowest BCUT2D eigenvalue weighted by molar-refractivity contribution is -0.117. The molecular formula is C14H18ClNO2S. The minimum Gasteiger partial charge on any atom is -0.495 e. The molecule has 0 saturated carbocycles. The van der Waals surface area contributed by atoms with E-state index >= 15 is 0 Å². The average Bonchev–Trinajstić information content (AvgIpc) is 2.40. The molecule has 0 unspecified atom stereocenters. The van der Waals surface area contributed by atoms with Gasteiger partial charge in [-0.2, -0.15) is 11.8 Å². The van der Waals surface area contributed by atoms with Crippen LogP contribution in [0.25, 0.3) is 0 Å². The topological polar surface area (TPSA) is 38.3 Å². The maximum absolute atomic E-state index is 12.0. The van der Waals surface area contributed by atoms with Crippen molar-refractivity contribution < 1.29 is 9.53 Å². The second-order valence-corrected chi connectivity index (χ2v) is 6.29. The van der Waals surface area contributed by atoms with Gasteiger partial charge in [0.1, 0.15) is 5.75 Å². The number of amides is 1. The van der Waals surface area contributed by atoms with E-state index in [0.29, 0.717) is 23.1 Å². The number of rotatable bonds is 4. The maximum atomic E-state index is 12.0. The summed E-state index contributed by atoms with van der Waals surface area (Å²) in [7, 11) is 1.57. The lowest BCUT2D eigenvalue weighted by Gasteiger charge is -2.20. The van der Waals surface area contributed by atoms with Gasteiger partial charge in [0.2, 0.25) is 5.91 Å². The first kappa shape index (κ1) is 14.5. The van der Waals surface area contributed by atoms with Gasteiger partial charge in [-0.3, -0.25) is 4.79 Å². The number of hydrogen-bond donors (Lipinski definition) is 1. The van der Waals surface area contributed by atoms with Crippen molar-refractivity contribution in [2.45, 2.75) is 19.3 Å². The summed E-state index contributed by atoms with van der Waals surface area (Å²) in [5, 5.41) is 3.40. The SMILES string of the molecule is COc1ccc(NC(=O)CC2CCSCC2)cc1Cl. The van der Waals surface area contributed by atoms with E-state index in [1.165, 1.54) is 11.5 Å². The second-order valence-electron chi connectivity index (χ2n) is 4.66. The first-order chi connectivity index (χ1) is 9.19. The van der Waals surface area contributed by atoms with Gasteiger partial charge in [0, 0.05) is 12.1 Å². The Kier molecular flexibility index (Phi) is 5.40. The molecule has 1 N–H and O–H groups in total. The third-order valence-electron chi connectivity index (χ3n) is 3.25. The van der Waals surface area contributed by atoms with Gasteiger partial charge in [-0.1, -0.05) is 11.6 Å². The van der Waals surface area contributed by atoms with Gasteiger partial charge in [-0.05, 0) is 48.5 Å². The first-order valence-corrected chi connectivity index (χ1v) is 7.93. The molecule has 0 aromatic heterocycles. The van der Waals surface area contributed by atoms with Crippen LogP contribution in [0.4, 0.5) is 5.69 Å². The van der Waals surface area contributed by atoms with E-state index in [0.717, 1.165) is 18.5 Å². The Morgan fingerprint density at radius 1 is 1.47 bits per heavy atom. The summed E-state index contributed by atoms with van der Waals surface area (Å²) in [6.45, 7) is 0. The number of hydrogen-bond acceptors (Lipinski definition) is 3. The zero-order valence-corrected chi connectivity index (χ0v) is 12.5. The molecule has 1 amide bonds. The van der Waals surface area contributed by atoms with Gasteiger partial charge in [0.15, 0.2) is 0 Å². The van der Waals surface area contributed by atoms with Crippen molar-refractivity contribution in [3.63, 3.8) is 0 Å². The number of benzene rings is 1. The predicted octanol–water partition coefficient (Wildman–Crippen LogP) is 3.82. The minimum absolute atomic E-state index is 0.0677. The number of ether oxygens (including phenoxy) is 1. The molecular weight excluding hydrogens is 282 g/mol. The number of nitrogens with one attached hydrogen (secondary N) is 1. The molecule has 1 aromatic rings. The number of carbonyl (C=O) groups is 1. The Bertz CT molecular complexity index is 447. The molecule has 1 saturated heterocycles. The summed E-state index contributed by atoms with van der Waals surface area (Å²) in [5.74, 6) is 3.55. The molecule has 1 heterocycles. The Morgan fingerprint density at radius 2 is 2.21 bits per heavy atom. The molecule has 0 bridgehead atoms. The summed E-state index contributed by atoms with van der Waals surface area (Å²) in [6.07, 6.45) is 2.88. The molecule has 1 fully saturated rings. The lowest BCUT2D eigenvalue weighted by atomic mass is 9.98. The smallest absolute Gasteiger partial charge is 0.224 e. The molecule has 104 valence electrons. The van der Waals surface area contributed by atoms with E-state index in [1.807, 2.05) is 11.8 Å². The highest BCUT2D eigenvalue weighted by molar-refractivity contribution is 7.99. The predicted molar refractivity (Wildman–Crippen MR) is 81.3 cm³/mol. The van der Waals surface area contributed by atoms with Crippen molar-refractivity contribution in [1.82, 2.24) is 0 Å². The van der Waals surface area contributed by atoms with E-state index in [9.17, 15) is 4.79 Å². The van der Waals surface area contributed by atoms with Crippen LogP contribution in [0.3, 0.4) is 0 Å². The van der Waals surface area contributed by atoms with Crippen LogP contribution >= 0.6 is 23.4 Å². The monoisotopic (exact) mass is 299 g/mol. The molecule has 5 heteroatoms. The molecule has 1 aliphatic heterocycles. The molecule has 1 aromatic carbocycles. The third-order valence-corrected chi connectivity index (χ3v) is 4.59. The average molecular weight is 300 g/mol. The zero-order valence-electron chi connectivity index (χ0n) is 10.9. The Balaban J connectivity index is 1.89. The van der Waals surface area contributed by atoms with Crippen molar-refractivity contribution >= 4 is 35.0 Å². The van der Waals surface area contributed by atoms with Crippen molar-refractivity contribution in [3.05, 3.63) is 23.2 Å². The van der Waals surface area contributed by atoms with Crippen molar-refractivity contribution in [2.24, 2.45) is 5.92 Å². The van der Waals surface area contributed by atoms with Crippen molar-refractivity contribution in [3.8, 4) is 5.75 Å². The summed E-state index contributed by atoms with van der Waals surface area (Å²) in [4.78, 5) is 12.0. The van der Waals surface area contributed by atoms with E-state index in [4.69, 9.17) is 16.3 Å². The van der Waals surface area contributed by atoms with E-state index in [2.05, 4.69) is 5.32 Å². The van der Waals surface area contributed by atoms with Gasteiger partial charge in [-0.15, -0.1) is 0 Å². The highest BCUT2D eigenvalue weighted by Gasteiger charge is 2.17. The van der Waals surface area contributed by atoms with Crippen LogP contribution in [0.15, 0.2) is 18.2 Å². The van der Waals surface area contributed by atoms with Crippen LogP contribution in [0, 0.1) is 5.92 Å². The zero-order chi connectivity index (χ0) is 13.7. The Hall–Kier alpha value is -0.870. The summed E-state index contributed by atoms with van der Waals surface area (Å²) >= 11 is 8.00. The molecule has 19 heavy (non-hydrogen) atoms. The van der Waals surface area contributed by atoms with Gasteiger partial charge >= 0.3 is 0 Å². The maximum Gasteiger partial charge on any atom is 0.224 e. The van der Waals surface area contributed by atoms with Crippen LogP contribution < -0.4 is 10.1 Å². The molecule has 0 radical (unpaired) electrons. The molecule has 3 nitrogen and oxygen atoms in total. The molecule has 1 aliphatic rings. The van der Waals surface area contributed by atoms with Crippen LogP contribution in [0.1, 0.15) is 19.3 Å². The van der Waals surface area contributed by atoms with Crippen LogP contribution in [0.5, 0.6) is 5.75 Å².